The quantitative estimate of drug-likeness (QED) is 0.138. The highest BCUT2D eigenvalue weighted by Crippen LogP contribution is 2.20. The van der Waals surface area contributed by atoms with Crippen LogP contribution in [0.5, 0.6) is 5.75 Å². The number of carboxylic acid groups (broad SMARTS) is 1. The summed E-state index contributed by atoms with van der Waals surface area (Å²) in [5, 5.41) is 15.1. The molecule has 1 unspecified atom stereocenters. The maximum atomic E-state index is 13.4. The van der Waals surface area contributed by atoms with Gasteiger partial charge in [-0.1, -0.05) is 103 Å². The van der Waals surface area contributed by atoms with Gasteiger partial charge in [-0.15, -0.1) is 0 Å². The molecule has 0 radical (unpaired) electrons. The van der Waals surface area contributed by atoms with Gasteiger partial charge in [0.1, 0.15) is 31.0 Å². The van der Waals surface area contributed by atoms with Crippen molar-refractivity contribution in [2.24, 2.45) is 0 Å². The predicted octanol–water partition coefficient (Wildman–Crippen LogP) is 4.68. The van der Waals surface area contributed by atoms with E-state index in [9.17, 15) is 19.5 Å². The monoisotopic (exact) mass is 580 g/mol. The van der Waals surface area contributed by atoms with E-state index in [-0.39, 0.29) is 26.1 Å². The first-order valence-corrected chi connectivity index (χ1v) is 14.2. The first-order valence-electron chi connectivity index (χ1n) is 14.2. The van der Waals surface area contributed by atoms with Crippen molar-refractivity contribution >= 4 is 17.8 Å². The lowest BCUT2D eigenvalue weighted by Gasteiger charge is -2.25. The summed E-state index contributed by atoms with van der Waals surface area (Å²) < 4.78 is 11.2. The molecule has 0 aliphatic heterocycles. The molecule has 0 fully saturated rings. The highest BCUT2D eigenvalue weighted by molar-refractivity contribution is 5.87. The summed E-state index contributed by atoms with van der Waals surface area (Å²) in [7, 11) is 0. The average molecular weight is 581 g/mol. The number of rotatable bonds is 15. The summed E-state index contributed by atoms with van der Waals surface area (Å²) in [6.45, 7) is 1.58. The zero-order valence-electron chi connectivity index (χ0n) is 24.0. The Labute approximate surface area is 251 Å². The molecule has 0 aromatic heterocycles. The summed E-state index contributed by atoms with van der Waals surface area (Å²) in [5.74, 6) is -1.55. The standard InChI is InChI=1S/C35H36N2O6/c1-25(34(39)40)36-33(38)31(23-26-11-5-2-6-12-26)37-32(35(41)43-22-21-42-30-15-9-4-10-16-30)24-27-17-19-29(20-18-27)28-13-7-3-8-14-28/h2-20,25,31-32,37H,21-24H2,1H3,(H,36,38)(H,39,40)/t25-,31-,32?/m0/s1. The van der Waals surface area contributed by atoms with E-state index in [4.69, 9.17) is 9.47 Å². The Morgan fingerprint density at radius 2 is 1.21 bits per heavy atom. The van der Waals surface area contributed by atoms with E-state index in [1.165, 1.54) is 6.92 Å². The molecule has 0 aliphatic rings. The Morgan fingerprint density at radius 3 is 1.84 bits per heavy atom. The molecule has 0 aliphatic carbocycles. The minimum Gasteiger partial charge on any atom is -0.490 e. The third kappa shape index (κ3) is 9.83. The molecule has 4 aromatic rings. The molecule has 4 rings (SSSR count). The number of amides is 1. The summed E-state index contributed by atoms with van der Waals surface area (Å²) in [6.07, 6.45) is 0.493. The van der Waals surface area contributed by atoms with Gasteiger partial charge in [-0.05, 0) is 54.2 Å². The second kappa shape index (κ2) is 15.9. The van der Waals surface area contributed by atoms with E-state index in [0.29, 0.717) is 5.75 Å². The fraction of sp³-hybridized carbons (Fsp3) is 0.229. The average Bonchev–Trinajstić information content (AvgIpc) is 3.04. The zero-order chi connectivity index (χ0) is 30.4. The van der Waals surface area contributed by atoms with Crippen LogP contribution in [0.15, 0.2) is 115 Å². The van der Waals surface area contributed by atoms with Crippen LogP contribution >= 0.6 is 0 Å². The maximum absolute atomic E-state index is 13.4. The molecular formula is C35H36N2O6. The summed E-state index contributed by atoms with van der Waals surface area (Å²) in [6, 6.07) is 33.5. The molecule has 0 heterocycles. The molecular weight excluding hydrogens is 544 g/mol. The van der Waals surface area contributed by atoms with Crippen LogP contribution in [-0.2, 0) is 32.0 Å². The Morgan fingerprint density at radius 1 is 0.674 bits per heavy atom. The molecule has 222 valence electrons. The Kier molecular flexibility index (Phi) is 11.5. The van der Waals surface area contributed by atoms with Gasteiger partial charge >= 0.3 is 11.9 Å². The first-order chi connectivity index (χ1) is 20.9. The zero-order valence-corrected chi connectivity index (χ0v) is 24.0. The molecule has 0 spiro atoms. The number of carboxylic acids is 1. The number of para-hydroxylation sites is 1. The van der Waals surface area contributed by atoms with Gasteiger partial charge in [-0.25, -0.2) is 0 Å². The lowest BCUT2D eigenvalue weighted by molar-refractivity contribution is -0.147. The van der Waals surface area contributed by atoms with Crippen molar-refractivity contribution in [1.29, 1.82) is 0 Å². The van der Waals surface area contributed by atoms with Crippen molar-refractivity contribution in [3.8, 4) is 16.9 Å². The van der Waals surface area contributed by atoms with Crippen molar-refractivity contribution in [3.05, 3.63) is 126 Å². The highest BCUT2D eigenvalue weighted by Gasteiger charge is 2.29. The van der Waals surface area contributed by atoms with Gasteiger partial charge in [-0.2, -0.15) is 0 Å². The molecule has 8 nitrogen and oxygen atoms in total. The molecule has 3 atom stereocenters. The number of aliphatic carboxylic acids is 1. The van der Waals surface area contributed by atoms with Crippen molar-refractivity contribution < 1.29 is 29.0 Å². The van der Waals surface area contributed by atoms with Crippen molar-refractivity contribution in [2.45, 2.75) is 37.9 Å². The van der Waals surface area contributed by atoms with Crippen LogP contribution in [-0.4, -0.2) is 54.3 Å². The number of ether oxygens (including phenoxy) is 2. The second-order valence-electron chi connectivity index (χ2n) is 10.1. The maximum Gasteiger partial charge on any atom is 0.325 e. The van der Waals surface area contributed by atoms with E-state index < -0.39 is 36.0 Å². The van der Waals surface area contributed by atoms with Gasteiger partial charge in [0.15, 0.2) is 0 Å². The number of carbonyl (C=O) groups excluding carboxylic acids is 2. The second-order valence-corrected chi connectivity index (χ2v) is 10.1. The van der Waals surface area contributed by atoms with Crippen LogP contribution in [0.4, 0.5) is 0 Å². The fourth-order valence-electron chi connectivity index (χ4n) is 4.52. The number of carbonyl (C=O) groups is 3. The number of benzene rings is 4. The minimum absolute atomic E-state index is 0.0183. The Hall–Kier alpha value is -4.95. The molecule has 1 amide bonds. The predicted molar refractivity (Wildman–Crippen MR) is 165 cm³/mol. The normalized spacial score (nSPS) is 12.9. The molecule has 0 saturated carbocycles. The summed E-state index contributed by atoms with van der Waals surface area (Å²) >= 11 is 0. The van der Waals surface area contributed by atoms with E-state index in [2.05, 4.69) is 10.6 Å². The van der Waals surface area contributed by atoms with Crippen molar-refractivity contribution in [3.63, 3.8) is 0 Å². The topological polar surface area (TPSA) is 114 Å². The lowest BCUT2D eigenvalue weighted by Crippen LogP contribution is -2.55. The van der Waals surface area contributed by atoms with E-state index in [1.54, 1.807) is 0 Å². The van der Waals surface area contributed by atoms with Crippen LogP contribution in [0.2, 0.25) is 0 Å². The molecule has 0 saturated heterocycles. The molecule has 43 heavy (non-hydrogen) atoms. The summed E-state index contributed by atoms with van der Waals surface area (Å²) in [5.41, 5.74) is 3.84. The van der Waals surface area contributed by atoms with E-state index >= 15 is 0 Å². The van der Waals surface area contributed by atoms with E-state index in [0.717, 1.165) is 22.3 Å². The van der Waals surface area contributed by atoms with Gasteiger partial charge in [0, 0.05) is 0 Å². The van der Waals surface area contributed by atoms with Gasteiger partial charge in [0.05, 0.1) is 6.04 Å². The smallest absolute Gasteiger partial charge is 0.325 e. The van der Waals surface area contributed by atoms with Crippen LogP contribution in [0, 0.1) is 0 Å². The van der Waals surface area contributed by atoms with Crippen LogP contribution in [0.3, 0.4) is 0 Å². The summed E-state index contributed by atoms with van der Waals surface area (Å²) in [4.78, 5) is 38.2. The third-order valence-corrected chi connectivity index (χ3v) is 6.86. The molecule has 0 bridgehead atoms. The van der Waals surface area contributed by atoms with Crippen LogP contribution in [0.1, 0.15) is 18.1 Å². The van der Waals surface area contributed by atoms with E-state index in [1.807, 2.05) is 115 Å². The number of hydrogen-bond donors (Lipinski definition) is 3. The molecule has 3 N–H and O–H groups in total. The number of nitrogens with one attached hydrogen (secondary N) is 2. The molecule has 8 heteroatoms. The number of esters is 1. The van der Waals surface area contributed by atoms with Gasteiger partial charge in [0.25, 0.3) is 0 Å². The van der Waals surface area contributed by atoms with Crippen LogP contribution < -0.4 is 15.4 Å². The highest BCUT2D eigenvalue weighted by atomic mass is 16.6. The van der Waals surface area contributed by atoms with Crippen molar-refractivity contribution in [2.75, 3.05) is 13.2 Å². The largest absolute Gasteiger partial charge is 0.490 e. The lowest BCUT2D eigenvalue weighted by atomic mass is 9.99. The van der Waals surface area contributed by atoms with Gasteiger partial charge in [-0.3, -0.25) is 19.7 Å². The van der Waals surface area contributed by atoms with Gasteiger partial charge < -0.3 is 19.9 Å². The third-order valence-electron chi connectivity index (χ3n) is 6.86. The first kappa shape index (κ1) is 31.0. The Bertz CT molecular complexity index is 1450. The SMILES string of the molecule is C[C@H](NC(=O)[C@H](Cc1ccccc1)NC(Cc1ccc(-c2ccccc2)cc1)C(=O)OCCOc1ccccc1)C(=O)O. The van der Waals surface area contributed by atoms with Gasteiger partial charge in [0.2, 0.25) is 5.91 Å². The van der Waals surface area contributed by atoms with Crippen LogP contribution in [0.25, 0.3) is 11.1 Å². The molecule has 4 aromatic carbocycles. The Balaban J connectivity index is 1.51. The fourth-order valence-corrected chi connectivity index (χ4v) is 4.52. The number of hydrogen-bond acceptors (Lipinski definition) is 6. The van der Waals surface area contributed by atoms with Crippen molar-refractivity contribution in [1.82, 2.24) is 10.6 Å². The minimum atomic E-state index is -1.15.